The summed E-state index contributed by atoms with van der Waals surface area (Å²) in [6.45, 7) is 6.39. The van der Waals surface area contributed by atoms with E-state index in [4.69, 9.17) is 4.74 Å². The third kappa shape index (κ3) is 4.45. The summed E-state index contributed by atoms with van der Waals surface area (Å²) in [5.41, 5.74) is 0.284. The number of hydrogen-bond acceptors (Lipinski definition) is 5. The maximum absolute atomic E-state index is 13.2. The van der Waals surface area contributed by atoms with Crippen molar-refractivity contribution in [2.75, 3.05) is 32.8 Å². The highest BCUT2D eigenvalue weighted by atomic mass is 19.1. The number of nitrogens with one attached hydrogen (secondary N) is 1. The van der Waals surface area contributed by atoms with Crippen LogP contribution in [-0.4, -0.2) is 48.7 Å². The third-order valence-corrected chi connectivity index (χ3v) is 3.60. The second-order valence-corrected chi connectivity index (χ2v) is 5.05. The minimum Gasteiger partial charge on any atom is -0.374 e. The Morgan fingerprint density at radius 3 is 3.10 bits per heavy atom. The van der Waals surface area contributed by atoms with Crippen LogP contribution < -0.4 is 5.32 Å². The van der Waals surface area contributed by atoms with Crippen LogP contribution in [0.1, 0.15) is 12.5 Å². The van der Waals surface area contributed by atoms with Crippen LogP contribution in [-0.2, 0) is 11.3 Å². The maximum atomic E-state index is 13.2. The number of nitrogens with zero attached hydrogens (tertiary/aromatic N) is 2. The van der Waals surface area contributed by atoms with Crippen molar-refractivity contribution in [1.29, 1.82) is 0 Å². The van der Waals surface area contributed by atoms with Crippen LogP contribution in [0.4, 0.5) is 10.1 Å². The van der Waals surface area contributed by atoms with Crippen LogP contribution in [0.25, 0.3) is 0 Å². The molecule has 1 aromatic rings. The number of hydrogen-bond donors (Lipinski definition) is 1. The number of likely N-dealkylation sites (N-methyl/N-ethyl adjacent to an activating group) is 1. The summed E-state index contributed by atoms with van der Waals surface area (Å²) in [6.07, 6.45) is 0.0614. The smallest absolute Gasteiger partial charge is 0.274 e. The molecule has 1 saturated heterocycles. The molecule has 6 nitrogen and oxygen atoms in total. The number of rotatable bonds is 6. The lowest BCUT2D eigenvalue weighted by molar-refractivity contribution is -0.385. The van der Waals surface area contributed by atoms with Crippen LogP contribution >= 0.6 is 0 Å². The molecule has 0 spiro atoms. The molecule has 0 bridgehead atoms. The van der Waals surface area contributed by atoms with Crippen molar-refractivity contribution < 1.29 is 14.1 Å². The van der Waals surface area contributed by atoms with E-state index in [1.165, 1.54) is 12.1 Å². The molecule has 1 aliphatic heterocycles. The van der Waals surface area contributed by atoms with Crippen LogP contribution in [0.3, 0.4) is 0 Å². The van der Waals surface area contributed by atoms with Gasteiger partial charge in [-0.3, -0.25) is 15.0 Å². The van der Waals surface area contributed by atoms with Crippen molar-refractivity contribution >= 4 is 5.69 Å². The van der Waals surface area contributed by atoms with E-state index in [1.54, 1.807) is 0 Å². The first-order valence-electron chi connectivity index (χ1n) is 7.07. The average Bonchev–Trinajstić information content (AvgIpc) is 2.47. The Labute approximate surface area is 123 Å². The van der Waals surface area contributed by atoms with Crippen LogP contribution in [0, 0.1) is 15.9 Å². The van der Waals surface area contributed by atoms with Gasteiger partial charge < -0.3 is 10.1 Å². The fraction of sp³-hybridized carbons (Fsp3) is 0.571. The summed E-state index contributed by atoms with van der Waals surface area (Å²) in [5, 5.41) is 14.0. The molecule has 0 radical (unpaired) electrons. The summed E-state index contributed by atoms with van der Waals surface area (Å²) < 4.78 is 18.8. The molecule has 1 heterocycles. The van der Waals surface area contributed by atoms with Gasteiger partial charge in [-0.15, -0.1) is 0 Å². The van der Waals surface area contributed by atoms with Crippen LogP contribution in [0.5, 0.6) is 0 Å². The minimum absolute atomic E-state index is 0.0614. The SMILES string of the molecule is CCN1CCOC(CNCc2cc(F)ccc2[N+](=O)[O-])C1. The molecule has 2 rings (SSSR count). The molecule has 0 saturated carbocycles. The van der Waals surface area contributed by atoms with Crippen molar-refractivity contribution in [3.63, 3.8) is 0 Å². The molecule has 0 aromatic heterocycles. The van der Waals surface area contributed by atoms with Gasteiger partial charge in [-0.2, -0.15) is 0 Å². The second kappa shape index (κ2) is 7.44. The van der Waals surface area contributed by atoms with Crippen LogP contribution in [0.15, 0.2) is 18.2 Å². The quantitative estimate of drug-likeness (QED) is 0.637. The zero-order valence-corrected chi connectivity index (χ0v) is 12.0. The van der Waals surface area contributed by atoms with Crippen molar-refractivity contribution in [3.05, 3.63) is 39.7 Å². The molecule has 1 aromatic carbocycles. The Balaban J connectivity index is 1.88. The van der Waals surface area contributed by atoms with Gasteiger partial charge >= 0.3 is 0 Å². The van der Waals surface area contributed by atoms with E-state index in [0.29, 0.717) is 18.7 Å². The topological polar surface area (TPSA) is 67.6 Å². The molecule has 1 unspecified atom stereocenters. The second-order valence-electron chi connectivity index (χ2n) is 5.05. The van der Waals surface area contributed by atoms with Gasteiger partial charge in [0.2, 0.25) is 0 Å². The van der Waals surface area contributed by atoms with Gasteiger partial charge in [0.15, 0.2) is 0 Å². The highest BCUT2D eigenvalue weighted by molar-refractivity contribution is 5.40. The Kier molecular flexibility index (Phi) is 5.60. The Hall–Kier alpha value is -1.57. The predicted octanol–water partition coefficient (Wildman–Crippen LogP) is 1.54. The van der Waals surface area contributed by atoms with Crippen LogP contribution in [0.2, 0.25) is 0 Å². The minimum atomic E-state index is -0.494. The van der Waals surface area contributed by atoms with E-state index < -0.39 is 10.7 Å². The van der Waals surface area contributed by atoms with Crippen molar-refractivity contribution in [1.82, 2.24) is 10.2 Å². The van der Waals surface area contributed by atoms with Gasteiger partial charge in [0.05, 0.1) is 17.6 Å². The van der Waals surface area contributed by atoms with Gasteiger partial charge in [-0.1, -0.05) is 6.92 Å². The average molecular weight is 297 g/mol. The predicted molar refractivity (Wildman–Crippen MR) is 76.6 cm³/mol. The van der Waals surface area contributed by atoms with Gasteiger partial charge in [0.25, 0.3) is 5.69 Å². The monoisotopic (exact) mass is 297 g/mol. The van der Waals surface area contributed by atoms with Gasteiger partial charge in [0, 0.05) is 37.8 Å². The fourth-order valence-electron chi connectivity index (χ4n) is 2.43. The van der Waals surface area contributed by atoms with Crippen molar-refractivity contribution in [2.45, 2.75) is 19.6 Å². The Morgan fingerprint density at radius 2 is 2.38 bits per heavy atom. The fourth-order valence-corrected chi connectivity index (χ4v) is 2.43. The van der Waals surface area contributed by atoms with Gasteiger partial charge in [0.1, 0.15) is 5.82 Å². The summed E-state index contributed by atoms with van der Waals surface area (Å²) in [7, 11) is 0. The highest BCUT2D eigenvalue weighted by Crippen LogP contribution is 2.19. The molecule has 1 fully saturated rings. The van der Waals surface area contributed by atoms with E-state index in [-0.39, 0.29) is 18.3 Å². The van der Waals surface area contributed by atoms with Crippen molar-refractivity contribution in [2.24, 2.45) is 0 Å². The lowest BCUT2D eigenvalue weighted by Crippen LogP contribution is -2.46. The molecule has 21 heavy (non-hydrogen) atoms. The first-order chi connectivity index (χ1) is 10.1. The summed E-state index contributed by atoms with van der Waals surface area (Å²) in [4.78, 5) is 12.7. The number of morpholine rings is 1. The largest absolute Gasteiger partial charge is 0.374 e. The molecule has 7 heteroatoms. The standard InChI is InChI=1S/C14H20FN3O3/c1-2-17-5-6-21-13(10-17)9-16-8-11-7-12(15)3-4-14(11)18(19)20/h3-4,7,13,16H,2,5-6,8-10H2,1H3. The molecule has 116 valence electrons. The van der Waals surface area contributed by atoms with E-state index in [2.05, 4.69) is 17.1 Å². The Bertz CT molecular complexity index is 498. The first-order valence-corrected chi connectivity index (χ1v) is 7.07. The molecular formula is C14H20FN3O3. The highest BCUT2D eigenvalue weighted by Gasteiger charge is 2.19. The van der Waals surface area contributed by atoms with E-state index in [0.717, 1.165) is 25.7 Å². The normalized spacial score (nSPS) is 19.6. The van der Waals surface area contributed by atoms with E-state index >= 15 is 0 Å². The number of ether oxygens (including phenoxy) is 1. The maximum Gasteiger partial charge on any atom is 0.274 e. The van der Waals surface area contributed by atoms with Crippen molar-refractivity contribution in [3.8, 4) is 0 Å². The zero-order valence-electron chi connectivity index (χ0n) is 12.0. The molecule has 1 aliphatic rings. The van der Waals surface area contributed by atoms with E-state index in [9.17, 15) is 14.5 Å². The number of benzene rings is 1. The molecular weight excluding hydrogens is 277 g/mol. The summed E-state index contributed by atoms with van der Waals surface area (Å²) in [6, 6.07) is 3.50. The number of nitro groups is 1. The molecule has 0 aliphatic carbocycles. The first kappa shape index (κ1) is 15.8. The summed E-state index contributed by atoms with van der Waals surface area (Å²) >= 11 is 0. The molecule has 1 atom stereocenters. The third-order valence-electron chi connectivity index (χ3n) is 3.60. The lowest BCUT2D eigenvalue weighted by atomic mass is 10.1. The van der Waals surface area contributed by atoms with E-state index in [1.807, 2.05) is 0 Å². The van der Waals surface area contributed by atoms with Gasteiger partial charge in [-0.25, -0.2) is 4.39 Å². The zero-order chi connectivity index (χ0) is 15.2. The number of halogens is 1. The Morgan fingerprint density at radius 1 is 1.57 bits per heavy atom. The number of nitro benzene ring substituents is 1. The van der Waals surface area contributed by atoms with Gasteiger partial charge in [-0.05, 0) is 18.7 Å². The molecule has 1 N–H and O–H groups in total. The summed E-state index contributed by atoms with van der Waals surface area (Å²) in [5.74, 6) is -0.469. The lowest BCUT2D eigenvalue weighted by Gasteiger charge is -2.32. The molecule has 0 amide bonds.